The molecule has 4 N–H and O–H groups in total. The molecule has 0 saturated carbocycles. The average Bonchev–Trinajstić information content (AvgIpc) is 1.96. The van der Waals surface area contributed by atoms with Crippen molar-refractivity contribution >= 4 is 11.9 Å². The number of hydrogen-bond acceptors (Lipinski definition) is 2. The van der Waals surface area contributed by atoms with Crippen LogP contribution in [-0.2, 0) is 4.79 Å². The first-order valence-electron chi connectivity index (χ1n) is 5.08. The minimum absolute atomic E-state index is 0.0626. The molecular weight excluding hydrogens is 192 g/mol. The number of carbonyl (C=O) groups is 1. The van der Waals surface area contributed by atoms with Gasteiger partial charge in [-0.15, -0.1) is 0 Å². The van der Waals surface area contributed by atoms with Gasteiger partial charge in [0.1, 0.15) is 6.54 Å². The van der Waals surface area contributed by atoms with E-state index in [0.29, 0.717) is 5.96 Å². The van der Waals surface area contributed by atoms with Crippen LogP contribution in [0.25, 0.3) is 0 Å². The van der Waals surface area contributed by atoms with Gasteiger partial charge < -0.3 is 16.4 Å². The van der Waals surface area contributed by atoms with Crippen molar-refractivity contribution in [3.63, 3.8) is 0 Å². The van der Waals surface area contributed by atoms with Gasteiger partial charge in [-0.3, -0.25) is 4.79 Å². The number of aliphatic imine (C=N–C) groups is 1. The summed E-state index contributed by atoms with van der Waals surface area (Å²) in [5.74, 6) is 0.171. The first-order chi connectivity index (χ1) is 6.70. The van der Waals surface area contributed by atoms with E-state index < -0.39 is 0 Å². The van der Waals surface area contributed by atoms with E-state index in [9.17, 15) is 4.79 Å². The summed E-state index contributed by atoms with van der Waals surface area (Å²) in [4.78, 5) is 15.2. The second kappa shape index (κ2) is 5.58. The van der Waals surface area contributed by atoms with Crippen molar-refractivity contribution in [1.29, 1.82) is 0 Å². The maximum atomic E-state index is 11.2. The Morgan fingerprint density at radius 1 is 1.40 bits per heavy atom. The van der Waals surface area contributed by atoms with Gasteiger partial charge in [-0.1, -0.05) is 0 Å². The summed E-state index contributed by atoms with van der Waals surface area (Å²) in [5.41, 5.74) is 5.46. The van der Waals surface area contributed by atoms with Crippen LogP contribution >= 0.6 is 0 Å². The number of carbonyl (C=O) groups excluding carboxylic acids is 1. The summed E-state index contributed by atoms with van der Waals surface area (Å²) in [6.07, 6.45) is 0. The standard InChI is InChI=1S/C10H22N4O/c1-7(2)13-8(15)6-12-9(11)14-10(3,4)5/h7H,6H2,1-5H3,(H,13,15)(H3,11,12,14). The first-order valence-corrected chi connectivity index (χ1v) is 5.08. The molecule has 0 saturated heterocycles. The molecule has 0 fully saturated rings. The third-order valence-electron chi connectivity index (χ3n) is 1.35. The van der Waals surface area contributed by atoms with Crippen LogP contribution in [-0.4, -0.2) is 30.0 Å². The molecule has 5 nitrogen and oxygen atoms in total. The van der Waals surface area contributed by atoms with Crippen molar-refractivity contribution in [2.45, 2.75) is 46.2 Å². The summed E-state index contributed by atoms with van der Waals surface area (Å²) in [6, 6.07) is 0.129. The van der Waals surface area contributed by atoms with Gasteiger partial charge in [0.25, 0.3) is 0 Å². The van der Waals surface area contributed by atoms with Crippen LogP contribution < -0.4 is 16.4 Å². The van der Waals surface area contributed by atoms with Gasteiger partial charge in [0.05, 0.1) is 0 Å². The third-order valence-corrected chi connectivity index (χ3v) is 1.35. The SMILES string of the molecule is CC(C)NC(=O)CN=C(N)NC(C)(C)C. The number of nitrogens with zero attached hydrogens (tertiary/aromatic N) is 1. The lowest BCUT2D eigenvalue weighted by Gasteiger charge is -2.20. The Kier molecular flexibility index (Phi) is 5.11. The van der Waals surface area contributed by atoms with Gasteiger partial charge in [-0.25, -0.2) is 4.99 Å². The molecule has 0 radical (unpaired) electrons. The summed E-state index contributed by atoms with van der Waals surface area (Å²) in [5, 5.41) is 5.71. The monoisotopic (exact) mass is 214 g/mol. The van der Waals surface area contributed by atoms with Crippen LogP contribution in [0.1, 0.15) is 34.6 Å². The van der Waals surface area contributed by atoms with E-state index in [-0.39, 0.29) is 24.0 Å². The van der Waals surface area contributed by atoms with Crippen molar-refractivity contribution in [3.8, 4) is 0 Å². The zero-order valence-corrected chi connectivity index (χ0v) is 10.2. The van der Waals surface area contributed by atoms with E-state index >= 15 is 0 Å². The van der Waals surface area contributed by atoms with E-state index in [0.717, 1.165) is 0 Å². The molecule has 0 aromatic heterocycles. The summed E-state index contributed by atoms with van der Waals surface area (Å²) in [7, 11) is 0. The molecule has 1 amide bonds. The Hall–Kier alpha value is -1.26. The first kappa shape index (κ1) is 13.7. The third kappa shape index (κ3) is 9.05. The number of amides is 1. The lowest BCUT2D eigenvalue weighted by Crippen LogP contribution is -2.45. The number of nitrogens with two attached hydrogens (primary N) is 1. The van der Waals surface area contributed by atoms with Gasteiger partial charge >= 0.3 is 0 Å². The molecule has 0 unspecified atom stereocenters. The van der Waals surface area contributed by atoms with E-state index in [2.05, 4.69) is 15.6 Å². The Bertz CT molecular complexity index is 240. The normalized spacial score (nSPS) is 12.8. The fourth-order valence-electron chi connectivity index (χ4n) is 0.948. The summed E-state index contributed by atoms with van der Waals surface area (Å²) < 4.78 is 0. The van der Waals surface area contributed by atoms with Gasteiger partial charge in [0.15, 0.2) is 5.96 Å². The van der Waals surface area contributed by atoms with Crippen molar-refractivity contribution in [2.24, 2.45) is 10.7 Å². The largest absolute Gasteiger partial charge is 0.370 e. The Morgan fingerprint density at radius 3 is 2.33 bits per heavy atom. The van der Waals surface area contributed by atoms with Crippen LogP contribution in [0.15, 0.2) is 4.99 Å². The van der Waals surface area contributed by atoms with E-state index in [1.165, 1.54) is 0 Å². The van der Waals surface area contributed by atoms with Crippen molar-refractivity contribution in [2.75, 3.05) is 6.54 Å². The van der Waals surface area contributed by atoms with Gasteiger partial charge in [-0.05, 0) is 34.6 Å². The maximum absolute atomic E-state index is 11.2. The Morgan fingerprint density at radius 2 is 1.93 bits per heavy atom. The number of guanidine groups is 1. The minimum Gasteiger partial charge on any atom is -0.370 e. The fourth-order valence-corrected chi connectivity index (χ4v) is 0.948. The molecule has 15 heavy (non-hydrogen) atoms. The predicted molar refractivity (Wildman–Crippen MR) is 62.7 cm³/mol. The van der Waals surface area contributed by atoms with Gasteiger partial charge in [0, 0.05) is 11.6 Å². The molecule has 0 aromatic rings. The average molecular weight is 214 g/mol. The lowest BCUT2D eigenvalue weighted by atomic mass is 10.1. The highest BCUT2D eigenvalue weighted by Gasteiger charge is 2.10. The van der Waals surface area contributed by atoms with Gasteiger partial charge in [0.2, 0.25) is 5.91 Å². The quantitative estimate of drug-likeness (QED) is 0.464. The van der Waals surface area contributed by atoms with Crippen molar-refractivity contribution in [3.05, 3.63) is 0 Å². The second-order valence-corrected chi connectivity index (χ2v) is 4.80. The molecule has 5 heteroatoms. The van der Waals surface area contributed by atoms with E-state index in [1.54, 1.807) is 0 Å². The summed E-state index contributed by atoms with van der Waals surface area (Å²) >= 11 is 0. The highest BCUT2D eigenvalue weighted by atomic mass is 16.1. The minimum atomic E-state index is -0.137. The molecule has 0 atom stereocenters. The zero-order valence-electron chi connectivity index (χ0n) is 10.2. The highest BCUT2D eigenvalue weighted by molar-refractivity contribution is 5.84. The van der Waals surface area contributed by atoms with Crippen molar-refractivity contribution < 1.29 is 4.79 Å². The zero-order chi connectivity index (χ0) is 12.1. The highest BCUT2D eigenvalue weighted by Crippen LogP contribution is 1.96. The molecule has 0 heterocycles. The van der Waals surface area contributed by atoms with E-state index in [1.807, 2.05) is 34.6 Å². The maximum Gasteiger partial charge on any atom is 0.242 e. The molecule has 0 aliphatic heterocycles. The van der Waals surface area contributed by atoms with Crippen LogP contribution in [0.4, 0.5) is 0 Å². The number of rotatable bonds is 3. The topological polar surface area (TPSA) is 79.5 Å². The van der Waals surface area contributed by atoms with Crippen molar-refractivity contribution in [1.82, 2.24) is 10.6 Å². The summed E-state index contributed by atoms with van der Waals surface area (Å²) in [6.45, 7) is 9.79. The molecule has 88 valence electrons. The molecule has 0 spiro atoms. The molecule has 0 aliphatic carbocycles. The molecule has 0 aliphatic rings. The molecule has 0 aromatic carbocycles. The fraction of sp³-hybridized carbons (Fsp3) is 0.800. The van der Waals surface area contributed by atoms with Gasteiger partial charge in [-0.2, -0.15) is 0 Å². The van der Waals surface area contributed by atoms with Crippen LogP contribution in [0.2, 0.25) is 0 Å². The number of nitrogens with one attached hydrogen (secondary N) is 2. The Labute approximate surface area is 91.5 Å². The smallest absolute Gasteiger partial charge is 0.242 e. The van der Waals surface area contributed by atoms with Crippen LogP contribution in [0, 0.1) is 0 Å². The van der Waals surface area contributed by atoms with E-state index in [4.69, 9.17) is 5.73 Å². The lowest BCUT2D eigenvalue weighted by molar-refractivity contribution is -0.120. The second-order valence-electron chi connectivity index (χ2n) is 4.80. The Balaban J connectivity index is 4.00. The number of hydrogen-bond donors (Lipinski definition) is 3. The molecule has 0 bridgehead atoms. The van der Waals surface area contributed by atoms with Crippen LogP contribution in [0.5, 0.6) is 0 Å². The predicted octanol–water partition coefficient (Wildman–Crippen LogP) is 0.214. The molecule has 0 rings (SSSR count). The van der Waals surface area contributed by atoms with Crippen LogP contribution in [0.3, 0.4) is 0 Å². The molecular formula is C10H22N4O.